The number of hydrogen-bond donors (Lipinski definition) is 6. The summed E-state index contributed by atoms with van der Waals surface area (Å²) in [6.07, 6.45) is -2.04. The van der Waals surface area contributed by atoms with Gasteiger partial charge in [-0.3, -0.25) is 4.57 Å². The van der Waals surface area contributed by atoms with Gasteiger partial charge in [0, 0.05) is 0 Å². The van der Waals surface area contributed by atoms with Crippen molar-refractivity contribution >= 4 is 29.1 Å². The van der Waals surface area contributed by atoms with E-state index in [-0.39, 0.29) is 28.7 Å². The van der Waals surface area contributed by atoms with Gasteiger partial charge in [-0.1, -0.05) is 12.1 Å². The fourth-order valence-corrected chi connectivity index (χ4v) is 3.11. The number of rotatable bonds is 5. The van der Waals surface area contributed by atoms with E-state index in [0.717, 1.165) is 0 Å². The number of hydrazone groups is 1. The molecule has 0 spiro atoms. The minimum atomic E-state index is -1.35. The molecule has 1 saturated heterocycles. The number of aliphatic hydroxyl groups is 3. The predicted molar refractivity (Wildman–Crippen MR) is 102 cm³/mol. The first-order valence-corrected chi connectivity index (χ1v) is 8.68. The number of phenols is 1. The Hall–Kier alpha value is -3.32. The first-order chi connectivity index (χ1) is 14.0. The standard InChI is InChI=1S/C17H19N7O5/c18-14-11-15(20-7-19-14)24(16-13(28)12(27)10(6-25)29-16)17(22-11)23-21-5-8-2-1-3-9(26)4-8/h1-5,7,10,12-13,16,25-28H,6H2,(H,22,23)(H2,18,19,20)/t10-,12-,13-,16-/m1/s1. The summed E-state index contributed by atoms with van der Waals surface area (Å²) in [5.74, 6) is 0.328. The van der Waals surface area contributed by atoms with Gasteiger partial charge in [-0.05, 0) is 17.7 Å². The number of aliphatic hydroxyl groups excluding tert-OH is 3. The fourth-order valence-electron chi connectivity index (χ4n) is 3.11. The van der Waals surface area contributed by atoms with Crippen molar-refractivity contribution in [2.45, 2.75) is 24.5 Å². The number of hydrogen-bond acceptors (Lipinski definition) is 11. The molecule has 7 N–H and O–H groups in total. The van der Waals surface area contributed by atoms with E-state index in [1.165, 1.54) is 29.2 Å². The van der Waals surface area contributed by atoms with Crippen LogP contribution in [-0.4, -0.2) is 71.1 Å². The summed E-state index contributed by atoms with van der Waals surface area (Å²) in [4.78, 5) is 12.4. The number of nitrogens with one attached hydrogen (secondary N) is 1. The Kier molecular flexibility index (Phi) is 4.98. The molecule has 0 unspecified atom stereocenters. The normalized spacial score (nSPS) is 24.5. The molecule has 0 saturated carbocycles. The number of nitrogens with zero attached hydrogens (tertiary/aromatic N) is 5. The number of anilines is 2. The minimum Gasteiger partial charge on any atom is -0.508 e. The number of nitrogens with two attached hydrogens (primary N) is 1. The SMILES string of the molecule is Nc1ncnc2c1nc(NN=Cc1cccc(O)c1)n2[C@@H]1O[C@H](CO)[C@@H](O)[C@H]1O. The molecule has 12 heteroatoms. The molecule has 4 rings (SSSR count). The maximum Gasteiger partial charge on any atom is 0.228 e. The molecule has 1 aliphatic rings. The minimum absolute atomic E-state index is 0.0933. The molecular weight excluding hydrogens is 382 g/mol. The number of aromatic nitrogens is 4. The summed E-state index contributed by atoms with van der Waals surface area (Å²) < 4.78 is 6.98. The third-order valence-electron chi connectivity index (χ3n) is 4.53. The summed E-state index contributed by atoms with van der Waals surface area (Å²) in [5.41, 5.74) is 9.73. The lowest BCUT2D eigenvalue weighted by Crippen LogP contribution is -2.33. The van der Waals surface area contributed by atoms with Crippen molar-refractivity contribution in [1.29, 1.82) is 0 Å². The van der Waals surface area contributed by atoms with Crippen LogP contribution in [0.1, 0.15) is 11.8 Å². The Bertz CT molecular complexity index is 1060. The van der Waals surface area contributed by atoms with Crippen LogP contribution in [0.2, 0.25) is 0 Å². The quantitative estimate of drug-likeness (QED) is 0.233. The maximum absolute atomic E-state index is 10.4. The number of nitrogen functional groups attached to an aromatic ring is 1. The molecule has 1 aliphatic heterocycles. The second kappa shape index (κ2) is 7.60. The van der Waals surface area contributed by atoms with Crippen molar-refractivity contribution in [3.05, 3.63) is 36.2 Å². The van der Waals surface area contributed by atoms with Crippen LogP contribution in [-0.2, 0) is 4.74 Å². The van der Waals surface area contributed by atoms with Gasteiger partial charge in [0.2, 0.25) is 5.95 Å². The van der Waals surface area contributed by atoms with Gasteiger partial charge >= 0.3 is 0 Å². The predicted octanol–water partition coefficient (Wildman–Crippen LogP) is -0.828. The van der Waals surface area contributed by atoms with Gasteiger partial charge in [0.25, 0.3) is 0 Å². The lowest BCUT2D eigenvalue weighted by molar-refractivity contribution is -0.0501. The monoisotopic (exact) mass is 401 g/mol. The molecule has 4 atom stereocenters. The van der Waals surface area contributed by atoms with Gasteiger partial charge in [-0.2, -0.15) is 5.10 Å². The van der Waals surface area contributed by atoms with Crippen LogP contribution in [0.5, 0.6) is 5.75 Å². The van der Waals surface area contributed by atoms with Gasteiger partial charge in [0.05, 0.1) is 12.8 Å². The third-order valence-corrected chi connectivity index (χ3v) is 4.53. The second-order valence-corrected chi connectivity index (χ2v) is 6.43. The molecule has 0 radical (unpaired) electrons. The highest BCUT2D eigenvalue weighted by Crippen LogP contribution is 2.35. The summed E-state index contributed by atoms with van der Waals surface area (Å²) in [6.45, 7) is -0.475. The van der Waals surface area contributed by atoms with Gasteiger partial charge in [-0.15, -0.1) is 0 Å². The van der Waals surface area contributed by atoms with E-state index < -0.39 is 31.1 Å². The zero-order valence-corrected chi connectivity index (χ0v) is 15.0. The van der Waals surface area contributed by atoms with E-state index in [0.29, 0.717) is 5.56 Å². The van der Waals surface area contributed by atoms with Crippen LogP contribution in [0.3, 0.4) is 0 Å². The summed E-state index contributed by atoms with van der Waals surface area (Å²) in [5, 5.41) is 43.5. The average molecular weight is 401 g/mol. The molecule has 1 fully saturated rings. The van der Waals surface area contributed by atoms with Gasteiger partial charge < -0.3 is 30.9 Å². The number of aromatic hydroxyl groups is 1. The van der Waals surface area contributed by atoms with Crippen LogP contribution >= 0.6 is 0 Å². The summed E-state index contributed by atoms with van der Waals surface area (Å²) in [7, 11) is 0. The van der Waals surface area contributed by atoms with Crippen molar-refractivity contribution in [1.82, 2.24) is 19.5 Å². The Balaban J connectivity index is 1.72. The van der Waals surface area contributed by atoms with Crippen molar-refractivity contribution in [2.24, 2.45) is 5.10 Å². The first-order valence-electron chi connectivity index (χ1n) is 8.68. The molecule has 2 aromatic heterocycles. The molecule has 3 heterocycles. The van der Waals surface area contributed by atoms with E-state index in [1.54, 1.807) is 12.1 Å². The van der Waals surface area contributed by atoms with Crippen LogP contribution < -0.4 is 11.2 Å². The largest absolute Gasteiger partial charge is 0.508 e. The third kappa shape index (κ3) is 3.45. The van der Waals surface area contributed by atoms with E-state index in [2.05, 4.69) is 25.5 Å². The summed E-state index contributed by atoms with van der Waals surface area (Å²) >= 11 is 0. The van der Waals surface area contributed by atoms with Gasteiger partial charge in [0.1, 0.15) is 30.4 Å². The van der Waals surface area contributed by atoms with Crippen LogP contribution in [0.15, 0.2) is 35.7 Å². The highest BCUT2D eigenvalue weighted by atomic mass is 16.6. The number of imidazole rings is 1. The molecule has 152 valence electrons. The Labute approximate surface area is 163 Å². The summed E-state index contributed by atoms with van der Waals surface area (Å²) in [6, 6.07) is 6.46. The molecule has 0 bridgehead atoms. The Morgan fingerprint density at radius 1 is 1.28 bits per heavy atom. The van der Waals surface area contributed by atoms with Gasteiger partial charge in [0.15, 0.2) is 23.2 Å². The topological polar surface area (TPSA) is 184 Å². The second-order valence-electron chi connectivity index (χ2n) is 6.43. The molecule has 0 amide bonds. The van der Waals surface area contributed by atoms with Gasteiger partial charge in [-0.25, -0.2) is 20.4 Å². The lowest BCUT2D eigenvalue weighted by atomic mass is 10.1. The van der Waals surface area contributed by atoms with E-state index >= 15 is 0 Å². The molecule has 0 aliphatic carbocycles. The number of fused-ring (bicyclic) bond motifs is 1. The van der Waals surface area contributed by atoms with E-state index in [1.807, 2.05) is 0 Å². The van der Waals surface area contributed by atoms with Crippen molar-refractivity contribution < 1.29 is 25.2 Å². The average Bonchev–Trinajstić information content (AvgIpc) is 3.20. The Morgan fingerprint density at radius 3 is 2.83 bits per heavy atom. The number of ether oxygens (including phenoxy) is 1. The molecule has 12 nitrogen and oxygen atoms in total. The first kappa shape index (κ1) is 19.0. The van der Waals surface area contributed by atoms with Crippen molar-refractivity contribution in [3.8, 4) is 5.75 Å². The van der Waals surface area contributed by atoms with Crippen LogP contribution in [0, 0.1) is 0 Å². The number of benzene rings is 1. The highest BCUT2D eigenvalue weighted by molar-refractivity contribution is 5.84. The zero-order valence-electron chi connectivity index (χ0n) is 15.0. The molecule has 3 aromatic rings. The van der Waals surface area contributed by atoms with Crippen molar-refractivity contribution in [3.63, 3.8) is 0 Å². The highest BCUT2D eigenvalue weighted by Gasteiger charge is 2.45. The lowest BCUT2D eigenvalue weighted by Gasteiger charge is -2.18. The van der Waals surface area contributed by atoms with Crippen LogP contribution in [0.25, 0.3) is 11.2 Å². The molecule has 1 aromatic carbocycles. The molecular formula is C17H19N7O5. The van der Waals surface area contributed by atoms with E-state index in [4.69, 9.17) is 10.5 Å². The maximum atomic E-state index is 10.4. The Morgan fingerprint density at radius 2 is 2.10 bits per heavy atom. The van der Waals surface area contributed by atoms with Crippen molar-refractivity contribution in [2.75, 3.05) is 17.8 Å². The van der Waals surface area contributed by atoms with E-state index in [9.17, 15) is 20.4 Å². The fraction of sp³-hybridized carbons (Fsp3) is 0.294. The zero-order chi connectivity index (χ0) is 20.5. The number of phenolic OH excluding ortho intramolecular Hbond substituents is 1. The smallest absolute Gasteiger partial charge is 0.228 e. The van der Waals surface area contributed by atoms with Crippen LogP contribution in [0.4, 0.5) is 11.8 Å². The molecule has 29 heavy (non-hydrogen) atoms.